The number of nitrogens with one attached hydrogen (secondary N) is 1. The van der Waals surface area contributed by atoms with Crippen LogP contribution in [-0.2, 0) is 0 Å². The Morgan fingerprint density at radius 2 is 1.88 bits per heavy atom. The maximum Gasteiger partial charge on any atom is 0.261 e. The van der Waals surface area contributed by atoms with E-state index in [9.17, 15) is 9.59 Å². The number of thiophene rings is 1. The van der Waals surface area contributed by atoms with Crippen LogP contribution in [0.2, 0.25) is 0 Å². The number of halogens is 1. The molecule has 0 saturated carbocycles. The van der Waals surface area contributed by atoms with Gasteiger partial charge in [-0.25, -0.2) is 0 Å². The summed E-state index contributed by atoms with van der Waals surface area (Å²) in [7, 11) is 1.81. The smallest absolute Gasteiger partial charge is 0.261 e. The molecular formula is C26H30ClN3O2S. The monoisotopic (exact) mass is 483 g/mol. The van der Waals surface area contributed by atoms with Crippen LogP contribution < -0.4 is 5.32 Å². The molecule has 1 atom stereocenters. The zero-order valence-corrected chi connectivity index (χ0v) is 20.7. The molecule has 174 valence electrons. The zero-order valence-electron chi connectivity index (χ0n) is 19.0. The van der Waals surface area contributed by atoms with Crippen LogP contribution in [0.25, 0.3) is 21.2 Å². The minimum Gasteiger partial charge on any atom is -0.347 e. The van der Waals surface area contributed by atoms with E-state index in [2.05, 4.69) is 22.3 Å². The molecule has 3 aromatic rings. The highest BCUT2D eigenvalue weighted by molar-refractivity contribution is 7.21. The van der Waals surface area contributed by atoms with Gasteiger partial charge in [0.25, 0.3) is 11.8 Å². The lowest BCUT2D eigenvalue weighted by Gasteiger charge is -2.44. The largest absolute Gasteiger partial charge is 0.347 e. The first-order valence-electron chi connectivity index (χ1n) is 11.4. The predicted molar refractivity (Wildman–Crippen MR) is 138 cm³/mol. The molecule has 2 amide bonds. The van der Waals surface area contributed by atoms with Gasteiger partial charge >= 0.3 is 0 Å². The number of benzene rings is 2. The average molecular weight is 484 g/mol. The number of fused-ring (bicyclic) bond motifs is 4. The summed E-state index contributed by atoms with van der Waals surface area (Å²) in [5.74, 6) is 0.658. The van der Waals surface area contributed by atoms with Crippen LogP contribution in [0.3, 0.4) is 0 Å². The third-order valence-corrected chi connectivity index (χ3v) is 8.17. The number of hydrogen-bond donors (Lipinski definition) is 1. The number of amides is 2. The first kappa shape index (κ1) is 23.7. The molecular weight excluding hydrogens is 454 g/mol. The topological polar surface area (TPSA) is 52.7 Å². The predicted octanol–water partition coefficient (Wildman–Crippen LogP) is 4.91. The van der Waals surface area contributed by atoms with Crippen molar-refractivity contribution in [3.05, 3.63) is 59.0 Å². The number of hydrogen-bond acceptors (Lipinski definition) is 4. The van der Waals surface area contributed by atoms with Gasteiger partial charge in [-0.3, -0.25) is 9.59 Å². The molecule has 3 fully saturated rings. The Morgan fingerprint density at radius 3 is 2.58 bits per heavy atom. The van der Waals surface area contributed by atoms with Gasteiger partial charge < -0.3 is 15.1 Å². The first-order valence-corrected chi connectivity index (χ1v) is 12.3. The van der Waals surface area contributed by atoms with Crippen LogP contribution in [0.1, 0.15) is 39.8 Å². The fourth-order valence-electron chi connectivity index (χ4n) is 4.95. The van der Waals surface area contributed by atoms with E-state index in [0.29, 0.717) is 18.0 Å². The Kier molecular flexibility index (Phi) is 7.07. The van der Waals surface area contributed by atoms with E-state index in [1.807, 2.05) is 50.4 Å². The van der Waals surface area contributed by atoms with Gasteiger partial charge in [0.05, 0.1) is 4.88 Å². The third kappa shape index (κ3) is 4.65. The highest BCUT2D eigenvalue weighted by Crippen LogP contribution is 2.36. The Labute approximate surface area is 205 Å². The number of carbonyl (C=O) groups is 2. The van der Waals surface area contributed by atoms with Gasteiger partial charge in [-0.1, -0.05) is 30.3 Å². The van der Waals surface area contributed by atoms with Crippen molar-refractivity contribution in [2.75, 3.05) is 33.2 Å². The highest BCUT2D eigenvalue weighted by atomic mass is 35.5. The van der Waals surface area contributed by atoms with Crippen molar-refractivity contribution < 1.29 is 9.59 Å². The Bertz CT molecular complexity index is 1170. The molecule has 2 bridgehead atoms. The van der Waals surface area contributed by atoms with Gasteiger partial charge in [-0.15, -0.1) is 23.7 Å². The van der Waals surface area contributed by atoms with Crippen molar-refractivity contribution in [3.63, 3.8) is 0 Å². The minimum atomic E-state index is 0. The van der Waals surface area contributed by atoms with Crippen LogP contribution in [-0.4, -0.2) is 60.9 Å². The number of nitrogens with zero attached hydrogens (tertiary/aromatic N) is 2. The van der Waals surface area contributed by atoms with E-state index >= 15 is 0 Å². The quantitative estimate of drug-likeness (QED) is 0.561. The molecule has 3 saturated heterocycles. The van der Waals surface area contributed by atoms with Crippen molar-refractivity contribution >= 4 is 45.6 Å². The molecule has 6 rings (SSSR count). The fourth-order valence-corrected chi connectivity index (χ4v) is 6.05. The van der Waals surface area contributed by atoms with Gasteiger partial charge in [0.2, 0.25) is 0 Å². The molecule has 0 unspecified atom stereocenters. The molecule has 0 aliphatic carbocycles. The summed E-state index contributed by atoms with van der Waals surface area (Å²) in [5.41, 5.74) is 2.74. The zero-order chi connectivity index (χ0) is 22.2. The van der Waals surface area contributed by atoms with E-state index in [1.54, 1.807) is 4.90 Å². The summed E-state index contributed by atoms with van der Waals surface area (Å²) >= 11 is 1.54. The molecule has 0 radical (unpaired) electrons. The van der Waals surface area contributed by atoms with Gasteiger partial charge in [0.1, 0.15) is 0 Å². The SMILES string of the molecule is CCN(C)C(=O)c1cccc(-c2cccc3cc(C(=O)N[C@H]4CN5CCC4CC5)sc23)c1.Cl. The number of rotatable bonds is 5. The van der Waals surface area contributed by atoms with E-state index in [-0.39, 0.29) is 30.3 Å². The summed E-state index contributed by atoms with van der Waals surface area (Å²) < 4.78 is 1.08. The Hall–Kier alpha value is -2.41. The summed E-state index contributed by atoms with van der Waals surface area (Å²) in [6.45, 7) is 5.94. The van der Waals surface area contributed by atoms with Crippen LogP contribution in [0, 0.1) is 5.92 Å². The third-order valence-electron chi connectivity index (χ3n) is 6.98. The Morgan fingerprint density at radius 1 is 1.12 bits per heavy atom. The normalized spacial score (nSPS) is 21.5. The second-order valence-corrected chi connectivity index (χ2v) is 10.0. The molecule has 4 heterocycles. The molecule has 5 nitrogen and oxygen atoms in total. The second-order valence-electron chi connectivity index (χ2n) is 8.95. The molecule has 1 N–H and O–H groups in total. The van der Waals surface area contributed by atoms with Crippen LogP contribution >= 0.6 is 23.7 Å². The highest BCUT2D eigenvalue weighted by Gasteiger charge is 2.35. The van der Waals surface area contributed by atoms with Gasteiger partial charge in [-0.05, 0) is 73.5 Å². The lowest BCUT2D eigenvalue weighted by Crippen LogP contribution is -2.57. The number of piperidine rings is 3. The summed E-state index contributed by atoms with van der Waals surface area (Å²) in [6, 6.07) is 16.2. The van der Waals surface area contributed by atoms with E-state index in [0.717, 1.165) is 32.6 Å². The van der Waals surface area contributed by atoms with E-state index in [4.69, 9.17) is 0 Å². The van der Waals surface area contributed by atoms with Gasteiger partial charge in [0, 0.05) is 36.4 Å². The van der Waals surface area contributed by atoms with Crippen molar-refractivity contribution in [1.29, 1.82) is 0 Å². The van der Waals surface area contributed by atoms with Gasteiger partial charge in [-0.2, -0.15) is 0 Å². The standard InChI is InChI=1S/C26H29N3O2S.ClH/c1-3-28(2)26(31)20-8-4-6-18(14-20)21-9-5-7-19-15-23(32-24(19)21)25(30)27-22-16-29-12-10-17(22)11-13-29;/h4-9,14-15,17,22H,3,10-13,16H2,1-2H3,(H,27,30);1H/t22-;/m0./s1. The van der Waals surface area contributed by atoms with Crippen molar-refractivity contribution in [2.24, 2.45) is 5.92 Å². The van der Waals surface area contributed by atoms with Crippen molar-refractivity contribution in [3.8, 4) is 11.1 Å². The molecule has 3 aliphatic rings. The van der Waals surface area contributed by atoms with Gasteiger partial charge in [0.15, 0.2) is 0 Å². The average Bonchev–Trinajstić information content (AvgIpc) is 3.29. The summed E-state index contributed by atoms with van der Waals surface area (Å²) in [4.78, 5) is 30.6. The fraction of sp³-hybridized carbons (Fsp3) is 0.385. The summed E-state index contributed by atoms with van der Waals surface area (Å²) in [6.07, 6.45) is 2.37. The number of carbonyl (C=O) groups excluding carboxylic acids is 2. The first-order chi connectivity index (χ1) is 15.5. The Balaban J connectivity index is 0.00000259. The summed E-state index contributed by atoms with van der Waals surface area (Å²) in [5, 5.41) is 4.37. The van der Waals surface area contributed by atoms with Crippen LogP contribution in [0.5, 0.6) is 0 Å². The molecule has 33 heavy (non-hydrogen) atoms. The molecule has 1 aromatic heterocycles. The van der Waals surface area contributed by atoms with Crippen LogP contribution in [0.4, 0.5) is 0 Å². The molecule has 2 aromatic carbocycles. The molecule has 3 aliphatic heterocycles. The van der Waals surface area contributed by atoms with Crippen LogP contribution in [0.15, 0.2) is 48.5 Å². The van der Waals surface area contributed by atoms with E-state index < -0.39 is 0 Å². The molecule has 7 heteroatoms. The second kappa shape index (κ2) is 9.84. The maximum atomic E-state index is 13.1. The van der Waals surface area contributed by atoms with Crippen molar-refractivity contribution in [2.45, 2.75) is 25.8 Å². The van der Waals surface area contributed by atoms with E-state index in [1.165, 1.54) is 37.3 Å². The minimum absolute atomic E-state index is 0. The lowest BCUT2D eigenvalue weighted by molar-refractivity contribution is 0.0622. The molecule has 0 spiro atoms. The lowest BCUT2D eigenvalue weighted by atomic mass is 9.84. The maximum absolute atomic E-state index is 13.1. The van der Waals surface area contributed by atoms with Crippen molar-refractivity contribution in [1.82, 2.24) is 15.1 Å².